The van der Waals surface area contributed by atoms with Crippen molar-refractivity contribution in [2.75, 3.05) is 20.1 Å². The summed E-state index contributed by atoms with van der Waals surface area (Å²) in [5.74, 6) is -3.02. The van der Waals surface area contributed by atoms with Gasteiger partial charge in [-0.25, -0.2) is 9.59 Å². The van der Waals surface area contributed by atoms with Crippen LogP contribution in [0, 0.1) is 11.8 Å². The fourth-order valence-corrected chi connectivity index (χ4v) is 2.41. The highest BCUT2D eigenvalue weighted by atomic mass is 16.4. The second kappa shape index (κ2) is 11.5. The molecule has 0 aliphatic heterocycles. The van der Waals surface area contributed by atoms with E-state index in [2.05, 4.69) is 10.6 Å². The molecule has 26 heavy (non-hydrogen) atoms. The summed E-state index contributed by atoms with van der Waals surface area (Å²) >= 11 is 0. The lowest BCUT2D eigenvalue weighted by Crippen LogP contribution is -2.49. The first-order chi connectivity index (χ1) is 11.9. The zero-order valence-electron chi connectivity index (χ0n) is 16.1. The maximum Gasteiger partial charge on any atom is 0.326 e. The minimum atomic E-state index is -1.11. The average Bonchev–Trinajstić information content (AvgIpc) is 2.43. The molecule has 0 bridgehead atoms. The van der Waals surface area contributed by atoms with Crippen molar-refractivity contribution in [1.82, 2.24) is 15.5 Å². The average molecular weight is 373 g/mol. The topological polar surface area (TPSA) is 136 Å². The Morgan fingerprint density at radius 2 is 1.08 bits per heavy atom. The van der Waals surface area contributed by atoms with Gasteiger partial charge in [0.2, 0.25) is 11.8 Å². The number of carboxylic acid groups (broad SMARTS) is 2. The van der Waals surface area contributed by atoms with E-state index in [9.17, 15) is 19.2 Å². The van der Waals surface area contributed by atoms with Gasteiger partial charge in [0.25, 0.3) is 0 Å². The van der Waals surface area contributed by atoms with Crippen molar-refractivity contribution in [3.8, 4) is 0 Å². The molecule has 0 rings (SSSR count). The van der Waals surface area contributed by atoms with E-state index < -0.39 is 35.8 Å². The van der Waals surface area contributed by atoms with Gasteiger partial charge in [-0.15, -0.1) is 0 Å². The molecule has 0 saturated heterocycles. The van der Waals surface area contributed by atoms with Crippen LogP contribution < -0.4 is 10.6 Å². The zero-order valence-corrected chi connectivity index (χ0v) is 16.1. The van der Waals surface area contributed by atoms with E-state index in [1.807, 2.05) is 27.7 Å². The van der Waals surface area contributed by atoms with Crippen LogP contribution in [0.4, 0.5) is 0 Å². The van der Waals surface area contributed by atoms with Crippen LogP contribution >= 0.6 is 0 Å². The lowest BCUT2D eigenvalue weighted by Gasteiger charge is -2.21. The molecular weight excluding hydrogens is 342 g/mol. The van der Waals surface area contributed by atoms with Gasteiger partial charge in [-0.1, -0.05) is 27.7 Å². The summed E-state index contributed by atoms with van der Waals surface area (Å²) in [6.07, 6.45) is 0.613. The Hall–Kier alpha value is -2.16. The van der Waals surface area contributed by atoms with Crippen LogP contribution in [0.5, 0.6) is 0 Å². The molecule has 150 valence electrons. The standard InChI is InChI=1S/C17H31N3O6/c1-10(2)6-12(16(23)24)18-14(21)8-20(5)9-15(22)19-13(17(25)26)7-11(3)4/h10-13H,6-9H2,1-5H3,(H,18,21)(H,19,22)(H,23,24)(H,25,26)/t12-,13-/m0/s1. The van der Waals surface area contributed by atoms with Crippen molar-refractivity contribution in [1.29, 1.82) is 0 Å². The normalized spacial score (nSPS) is 13.5. The van der Waals surface area contributed by atoms with Crippen LogP contribution in [-0.4, -0.2) is 71.1 Å². The zero-order chi connectivity index (χ0) is 20.4. The molecule has 4 N–H and O–H groups in total. The van der Waals surface area contributed by atoms with Crippen LogP contribution in [-0.2, 0) is 19.2 Å². The number of carboxylic acids is 2. The second-order valence-electron chi connectivity index (χ2n) is 7.35. The van der Waals surface area contributed by atoms with Gasteiger partial charge >= 0.3 is 11.9 Å². The van der Waals surface area contributed by atoms with E-state index in [4.69, 9.17) is 10.2 Å². The molecule has 2 amide bonds. The molecule has 0 aromatic carbocycles. The van der Waals surface area contributed by atoms with Gasteiger partial charge in [-0.3, -0.25) is 14.5 Å². The molecule has 9 heteroatoms. The van der Waals surface area contributed by atoms with E-state index in [1.165, 1.54) is 11.9 Å². The number of nitrogens with one attached hydrogen (secondary N) is 2. The van der Waals surface area contributed by atoms with Crippen molar-refractivity contribution >= 4 is 23.8 Å². The highest BCUT2D eigenvalue weighted by molar-refractivity contribution is 5.86. The minimum Gasteiger partial charge on any atom is -0.480 e. The predicted molar refractivity (Wildman–Crippen MR) is 95.5 cm³/mol. The van der Waals surface area contributed by atoms with Crippen LogP contribution in [0.2, 0.25) is 0 Å². The first kappa shape index (κ1) is 23.8. The molecule has 0 spiro atoms. The number of hydrogen-bond donors (Lipinski definition) is 4. The summed E-state index contributed by atoms with van der Waals surface area (Å²) in [5, 5.41) is 23.1. The number of carbonyl (C=O) groups is 4. The lowest BCUT2D eigenvalue weighted by atomic mass is 10.0. The predicted octanol–water partition coefficient (Wildman–Crippen LogP) is 0.149. The quantitative estimate of drug-likeness (QED) is 0.382. The van der Waals surface area contributed by atoms with Crippen molar-refractivity contribution < 1.29 is 29.4 Å². The third-order valence-corrected chi connectivity index (χ3v) is 3.51. The van der Waals surface area contributed by atoms with Crippen LogP contribution in [0.1, 0.15) is 40.5 Å². The molecule has 0 radical (unpaired) electrons. The summed E-state index contributed by atoms with van der Waals surface area (Å²) < 4.78 is 0. The molecule has 0 unspecified atom stereocenters. The SMILES string of the molecule is CC(C)C[C@H](NC(=O)CN(C)CC(=O)N[C@@H](CC(C)C)C(=O)O)C(=O)O. The van der Waals surface area contributed by atoms with Crippen LogP contribution in [0.25, 0.3) is 0 Å². The Balaban J connectivity index is 4.51. The summed E-state index contributed by atoms with van der Waals surface area (Å²) in [4.78, 5) is 47.6. The van der Waals surface area contributed by atoms with Gasteiger partial charge in [0.15, 0.2) is 0 Å². The first-order valence-corrected chi connectivity index (χ1v) is 8.65. The van der Waals surface area contributed by atoms with E-state index in [0.717, 1.165) is 0 Å². The monoisotopic (exact) mass is 373 g/mol. The largest absolute Gasteiger partial charge is 0.480 e. The van der Waals surface area contributed by atoms with E-state index >= 15 is 0 Å². The molecule has 0 heterocycles. The van der Waals surface area contributed by atoms with Crippen molar-refractivity contribution in [2.24, 2.45) is 11.8 Å². The molecule has 0 aromatic rings. The van der Waals surface area contributed by atoms with Crippen LogP contribution in [0.15, 0.2) is 0 Å². The highest BCUT2D eigenvalue weighted by Crippen LogP contribution is 2.06. The van der Waals surface area contributed by atoms with Gasteiger partial charge in [0.05, 0.1) is 13.1 Å². The van der Waals surface area contributed by atoms with Crippen molar-refractivity contribution in [3.05, 3.63) is 0 Å². The maximum atomic E-state index is 12.0. The van der Waals surface area contributed by atoms with Gasteiger partial charge in [0.1, 0.15) is 12.1 Å². The summed E-state index contributed by atoms with van der Waals surface area (Å²) in [6, 6.07) is -1.96. The summed E-state index contributed by atoms with van der Waals surface area (Å²) in [7, 11) is 1.52. The van der Waals surface area contributed by atoms with Gasteiger partial charge in [-0.2, -0.15) is 0 Å². The van der Waals surface area contributed by atoms with Crippen LogP contribution in [0.3, 0.4) is 0 Å². The van der Waals surface area contributed by atoms with E-state index in [-0.39, 0.29) is 24.9 Å². The highest BCUT2D eigenvalue weighted by Gasteiger charge is 2.24. The van der Waals surface area contributed by atoms with Gasteiger partial charge in [-0.05, 0) is 31.7 Å². The number of nitrogens with zero attached hydrogens (tertiary/aromatic N) is 1. The molecule has 0 fully saturated rings. The Bertz CT molecular complexity index is 463. The molecule has 2 atom stereocenters. The molecule has 0 aliphatic rings. The van der Waals surface area contributed by atoms with E-state index in [0.29, 0.717) is 12.8 Å². The fraction of sp³-hybridized carbons (Fsp3) is 0.765. The Morgan fingerprint density at radius 3 is 1.31 bits per heavy atom. The minimum absolute atomic E-state index is 0.105. The van der Waals surface area contributed by atoms with Crippen molar-refractivity contribution in [2.45, 2.75) is 52.6 Å². The molecule has 9 nitrogen and oxygen atoms in total. The fourth-order valence-electron chi connectivity index (χ4n) is 2.41. The molecular formula is C17H31N3O6. The smallest absolute Gasteiger partial charge is 0.326 e. The number of hydrogen-bond acceptors (Lipinski definition) is 5. The molecule has 0 aromatic heterocycles. The molecule has 0 saturated carbocycles. The second-order valence-corrected chi connectivity index (χ2v) is 7.35. The van der Waals surface area contributed by atoms with Gasteiger partial charge in [0, 0.05) is 0 Å². The summed E-state index contributed by atoms with van der Waals surface area (Å²) in [6.45, 7) is 7.08. The molecule has 0 aliphatic carbocycles. The number of aliphatic carboxylic acids is 2. The first-order valence-electron chi connectivity index (χ1n) is 8.65. The maximum absolute atomic E-state index is 12.0. The Kier molecular flexibility index (Phi) is 10.5. The lowest BCUT2D eigenvalue weighted by molar-refractivity contribution is -0.142. The number of amides is 2. The number of likely N-dealkylation sites (N-methyl/N-ethyl adjacent to an activating group) is 1. The Labute approximate surface area is 154 Å². The van der Waals surface area contributed by atoms with E-state index in [1.54, 1.807) is 0 Å². The number of rotatable bonds is 12. The third-order valence-electron chi connectivity index (χ3n) is 3.51. The van der Waals surface area contributed by atoms with Crippen molar-refractivity contribution in [3.63, 3.8) is 0 Å². The summed E-state index contributed by atoms with van der Waals surface area (Å²) in [5.41, 5.74) is 0. The number of carbonyl (C=O) groups excluding carboxylic acids is 2. The van der Waals surface area contributed by atoms with Gasteiger partial charge < -0.3 is 20.8 Å². The third kappa shape index (κ3) is 10.7. The Morgan fingerprint density at radius 1 is 0.769 bits per heavy atom.